The summed E-state index contributed by atoms with van der Waals surface area (Å²) in [6.07, 6.45) is 17.0. The van der Waals surface area contributed by atoms with Gasteiger partial charge in [0.15, 0.2) is 0 Å². The fourth-order valence-corrected chi connectivity index (χ4v) is 5.24. The molecule has 216 valence electrons. The first-order valence-electron chi connectivity index (χ1n) is 14.2. The number of hydrogen-bond acceptors (Lipinski definition) is 8. The van der Waals surface area contributed by atoms with Gasteiger partial charge >= 0.3 is 11.9 Å². The van der Waals surface area contributed by atoms with E-state index in [0.29, 0.717) is 0 Å². The van der Waals surface area contributed by atoms with Crippen LogP contribution in [0.2, 0.25) is 0 Å². The second-order valence-corrected chi connectivity index (χ2v) is 10.7. The van der Waals surface area contributed by atoms with Gasteiger partial charge in [0.05, 0.1) is 49.8 Å². The molecule has 0 aromatic carbocycles. The third-order valence-corrected chi connectivity index (χ3v) is 7.81. The van der Waals surface area contributed by atoms with Gasteiger partial charge in [-0.2, -0.15) is 0 Å². The van der Waals surface area contributed by atoms with Gasteiger partial charge in [-0.05, 0) is 63.2 Å². The van der Waals surface area contributed by atoms with E-state index in [1.165, 1.54) is 38.5 Å². The predicted molar refractivity (Wildman–Crippen MR) is 145 cm³/mol. The fraction of sp³-hybridized carbons (Fsp3) is 0.733. The Morgan fingerprint density at radius 2 is 1.26 bits per heavy atom. The van der Waals surface area contributed by atoms with Gasteiger partial charge in [0, 0.05) is 5.92 Å². The van der Waals surface area contributed by atoms with Crippen LogP contribution < -0.4 is 0 Å². The highest BCUT2D eigenvalue weighted by molar-refractivity contribution is 5.88. The van der Waals surface area contributed by atoms with Gasteiger partial charge < -0.3 is 29.2 Å². The first kappa shape index (κ1) is 31.9. The molecule has 2 saturated carbocycles. The maximum absolute atomic E-state index is 12.0. The lowest BCUT2D eigenvalue weighted by atomic mass is 9.79. The van der Waals surface area contributed by atoms with Gasteiger partial charge in [-0.3, -0.25) is 0 Å². The second kappa shape index (κ2) is 18.1. The normalized spacial score (nSPS) is 23.7. The molecule has 2 fully saturated rings. The van der Waals surface area contributed by atoms with Gasteiger partial charge in [0.2, 0.25) is 0 Å². The largest absolute Gasteiger partial charge is 0.495 e. The number of carbonyl (C=O) groups is 2. The van der Waals surface area contributed by atoms with Crippen molar-refractivity contribution in [2.45, 2.75) is 96.2 Å². The number of aliphatic hydroxyl groups excluding tert-OH is 2. The third-order valence-electron chi connectivity index (χ3n) is 7.81. The zero-order chi connectivity index (χ0) is 27.8. The minimum absolute atomic E-state index is 0.0273. The molecule has 38 heavy (non-hydrogen) atoms. The summed E-state index contributed by atoms with van der Waals surface area (Å²) >= 11 is 0. The van der Waals surface area contributed by atoms with E-state index >= 15 is 0 Å². The highest BCUT2D eigenvalue weighted by Gasteiger charge is 2.30. The van der Waals surface area contributed by atoms with Gasteiger partial charge in [-0.25, -0.2) is 9.59 Å². The molecule has 0 bridgehead atoms. The van der Waals surface area contributed by atoms with E-state index in [9.17, 15) is 9.59 Å². The maximum Gasteiger partial charge on any atom is 0.335 e. The Balaban J connectivity index is 1.73. The summed E-state index contributed by atoms with van der Waals surface area (Å²) in [6, 6.07) is 0. The molecule has 2 aliphatic rings. The van der Waals surface area contributed by atoms with Gasteiger partial charge in [-0.1, -0.05) is 45.8 Å². The van der Waals surface area contributed by atoms with Crippen LogP contribution in [0.3, 0.4) is 0 Å². The molecule has 0 radical (unpaired) electrons. The number of unbranched alkanes of at least 4 members (excludes halogenated alkanes) is 2. The number of hydrogen-bond donors (Lipinski definition) is 2. The topological polar surface area (TPSA) is 112 Å². The summed E-state index contributed by atoms with van der Waals surface area (Å²) in [7, 11) is 0. The quantitative estimate of drug-likeness (QED) is 0.116. The van der Waals surface area contributed by atoms with E-state index in [1.54, 1.807) is 12.5 Å². The molecule has 0 saturated heterocycles. The molecule has 8 nitrogen and oxygen atoms in total. The molecule has 0 aromatic heterocycles. The molecular formula is C30H48O8. The van der Waals surface area contributed by atoms with Crippen molar-refractivity contribution in [2.75, 3.05) is 26.4 Å². The van der Waals surface area contributed by atoms with Crippen molar-refractivity contribution in [3.8, 4) is 0 Å². The summed E-state index contributed by atoms with van der Waals surface area (Å²) in [6.45, 7) is 8.34. The van der Waals surface area contributed by atoms with Gasteiger partial charge in [-0.15, -0.1) is 0 Å². The van der Waals surface area contributed by atoms with Crippen molar-refractivity contribution in [1.82, 2.24) is 0 Å². The van der Waals surface area contributed by atoms with E-state index < -0.39 is 25.2 Å². The van der Waals surface area contributed by atoms with Crippen molar-refractivity contribution in [1.29, 1.82) is 0 Å². The van der Waals surface area contributed by atoms with Crippen LogP contribution in [0.25, 0.3) is 0 Å². The molecule has 0 aromatic rings. The molecule has 2 aliphatic carbocycles. The Morgan fingerprint density at radius 1 is 0.789 bits per heavy atom. The van der Waals surface area contributed by atoms with Crippen LogP contribution in [0.15, 0.2) is 36.8 Å². The van der Waals surface area contributed by atoms with Crippen molar-refractivity contribution >= 4 is 11.9 Å². The summed E-state index contributed by atoms with van der Waals surface area (Å²) in [5, 5.41) is 18.2. The van der Waals surface area contributed by atoms with Crippen LogP contribution in [0.5, 0.6) is 0 Å². The highest BCUT2D eigenvalue weighted by atomic mass is 16.5. The minimum atomic E-state index is -0.671. The van der Waals surface area contributed by atoms with Crippen LogP contribution in [0.4, 0.5) is 0 Å². The van der Waals surface area contributed by atoms with E-state index in [4.69, 9.17) is 29.2 Å². The number of aliphatic hydroxyl groups is 2. The lowest BCUT2D eigenvalue weighted by Crippen LogP contribution is -2.32. The van der Waals surface area contributed by atoms with Crippen LogP contribution in [0.1, 0.15) is 84.0 Å². The monoisotopic (exact) mass is 536 g/mol. The number of carbonyl (C=O) groups excluding carboxylic acids is 2. The van der Waals surface area contributed by atoms with Crippen LogP contribution in [-0.2, 0) is 28.5 Å². The summed E-state index contributed by atoms with van der Waals surface area (Å²) in [5.74, 6) is -0.549. The Bertz CT molecular complexity index is 728. The molecule has 0 spiro atoms. The van der Waals surface area contributed by atoms with Crippen LogP contribution >= 0.6 is 0 Å². The van der Waals surface area contributed by atoms with Crippen molar-refractivity contribution < 1.29 is 38.7 Å². The molecule has 0 amide bonds. The first-order chi connectivity index (χ1) is 18.4. The summed E-state index contributed by atoms with van der Waals surface area (Å²) < 4.78 is 22.4. The van der Waals surface area contributed by atoms with E-state index in [2.05, 4.69) is 20.1 Å². The van der Waals surface area contributed by atoms with Crippen molar-refractivity contribution in [3.05, 3.63) is 36.8 Å². The molecule has 0 atom stereocenters. The van der Waals surface area contributed by atoms with Crippen LogP contribution in [-0.4, -0.2) is 60.8 Å². The molecular weight excluding hydrogens is 488 g/mol. The summed E-state index contributed by atoms with van der Waals surface area (Å²) in [5.41, 5.74) is -0.0546. The second-order valence-electron chi connectivity index (χ2n) is 10.7. The van der Waals surface area contributed by atoms with Gasteiger partial charge in [0.1, 0.15) is 12.5 Å². The third kappa shape index (κ3) is 11.6. The van der Waals surface area contributed by atoms with Crippen molar-refractivity contribution in [3.63, 3.8) is 0 Å². The Morgan fingerprint density at radius 3 is 1.71 bits per heavy atom. The predicted octanol–water partition coefficient (Wildman–Crippen LogP) is 4.99. The number of rotatable bonds is 17. The number of ether oxygens (including phenoxy) is 4. The summed E-state index contributed by atoms with van der Waals surface area (Å²) in [4.78, 5) is 23.9. The fourth-order valence-electron chi connectivity index (χ4n) is 5.24. The minimum Gasteiger partial charge on any atom is -0.495 e. The highest BCUT2D eigenvalue weighted by Crippen LogP contribution is 2.33. The zero-order valence-electron chi connectivity index (χ0n) is 23.1. The Hall–Kier alpha value is -2.32. The standard InChI is InChI=1S/C30H48O8/c1-4-5-6-7-24-8-12-27(13-9-24)35-16-17-36-28-14-10-25(11-15-28)26(20-37-29(33)22(2)18-31)21-38-30(34)23(3)19-32/h16-17,24-28,31-32H,2-15,18-21H2,1H3/b17-16-. The smallest absolute Gasteiger partial charge is 0.335 e. The average Bonchev–Trinajstić information content (AvgIpc) is 2.95. The lowest BCUT2D eigenvalue weighted by molar-refractivity contribution is -0.146. The molecule has 2 rings (SSSR count). The Kier molecular flexibility index (Phi) is 15.2. The first-order valence-corrected chi connectivity index (χ1v) is 14.2. The molecule has 2 N–H and O–H groups in total. The average molecular weight is 537 g/mol. The van der Waals surface area contributed by atoms with Gasteiger partial charge in [0.25, 0.3) is 0 Å². The van der Waals surface area contributed by atoms with Crippen LogP contribution in [0, 0.1) is 17.8 Å². The molecule has 8 heteroatoms. The number of esters is 2. The maximum atomic E-state index is 12.0. The zero-order valence-corrected chi connectivity index (χ0v) is 23.1. The van der Waals surface area contributed by atoms with E-state index in [0.717, 1.165) is 44.4 Å². The molecule has 0 unspecified atom stereocenters. The van der Waals surface area contributed by atoms with E-state index in [-0.39, 0.29) is 48.4 Å². The van der Waals surface area contributed by atoms with E-state index in [1.807, 2.05) is 0 Å². The SMILES string of the molecule is C=C(CO)C(=O)OCC(COC(=O)C(=C)CO)C1CCC(O/C=C\OC2CCC(CCCCC)CC2)CC1. The molecule has 0 aliphatic heterocycles. The Labute approximate surface area is 228 Å². The lowest BCUT2D eigenvalue weighted by Gasteiger charge is -2.33. The van der Waals surface area contributed by atoms with Crippen molar-refractivity contribution in [2.24, 2.45) is 17.8 Å². The molecule has 0 heterocycles.